The molecule has 98 valence electrons. The van der Waals surface area contributed by atoms with E-state index in [-0.39, 0.29) is 0 Å². The van der Waals surface area contributed by atoms with E-state index in [4.69, 9.17) is 16.3 Å². The molecule has 3 nitrogen and oxygen atoms in total. The Morgan fingerprint density at radius 1 is 1.47 bits per heavy atom. The summed E-state index contributed by atoms with van der Waals surface area (Å²) in [5.41, 5.74) is 0.958. The van der Waals surface area contributed by atoms with Gasteiger partial charge in [0.15, 0.2) is 5.13 Å². The van der Waals surface area contributed by atoms with Crippen LogP contribution >= 0.6 is 22.9 Å². The van der Waals surface area contributed by atoms with Crippen molar-refractivity contribution in [2.75, 3.05) is 25.2 Å². The lowest BCUT2D eigenvalue weighted by Crippen LogP contribution is -2.37. The van der Waals surface area contributed by atoms with Crippen molar-refractivity contribution in [3.05, 3.63) is 11.1 Å². The highest BCUT2D eigenvalue weighted by Gasteiger charge is 2.18. The summed E-state index contributed by atoms with van der Waals surface area (Å²) in [5, 5.41) is 3.09. The van der Waals surface area contributed by atoms with Crippen LogP contribution < -0.4 is 4.90 Å². The molecule has 0 aliphatic rings. The molecule has 0 saturated heterocycles. The number of nitrogens with zero attached hydrogens (tertiary/aromatic N) is 2. The van der Waals surface area contributed by atoms with E-state index in [1.54, 1.807) is 18.4 Å². The van der Waals surface area contributed by atoms with Gasteiger partial charge in [-0.2, -0.15) is 0 Å². The van der Waals surface area contributed by atoms with Crippen molar-refractivity contribution in [2.24, 2.45) is 0 Å². The summed E-state index contributed by atoms with van der Waals surface area (Å²) in [6, 6.07) is 0.527. The van der Waals surface area contributed by atoms with Gasteiger partial charge >= 0.3 is 0 Å². The predicted molar refractivity (Wildman–Crippen MR) is 75.3 cm³/mol. The van der Waals surface area contributed by atoms with Gasteiger partial charge in [-0.25, -0.2) is 4.98 Å². The van der Waals surface area contributed by atoms with Crippen LogP contribution in [0, 0.1) is 0 Å². The van der Waals surface area contributed by atoms with Crippen molar-refractivity contribution in [3.8, 4) is 0 Å². The highest BCUT2D eigenvalue weighted by molar-refractivity contribution is 7.13. The van der Waals surface area contributed by atoms with E-state index in [1.807, 2.05) is 5.38 Å². The summed E-state index contributed by atoms with van der Waals surface area (Å²) in [7, 11) is 1.73. The monoisotopic (exact) mass is 276 g/mol. The first-order chi connectivity index (χ1) is 8.26. The minimum Gasteiger partial charge on any atom is -0.383 e. The molecule has 0 radical (unpaired) electrons. The fourth-order valence-corrected chi connectivity index (χ4v) is 2.99. The van der Waals surface area contributed by atoms with E-state index in [0.717, 1.165) is 36.8 Å². The van der Waals surface area contributed by atoms with Crippen LogP contribution in [0.2, 0.25) is 0 Å². The van der Waals surface area contributed by atoms with E-state index in [0.29, 0.717) is 11.9 Å². The van der Waals surface area contributed by atoms with Gasteiger partial charge in [0.25, 0.3) is 0 Å². The van der Waals surface area contributed by atoms with Crippen molar-refractivity contribution in [3.63, 3.8) is 0 Å². The zero-order valence-electron chi connectivity index (χ0n) is 10.8. The van der Waals surface area contributed by atoms with Crippen LogP contribution in [-0.4, -0.2) is 31.3 Å². The number of thiazole rings is 1. The number of hydrogen-bond donors (Lipinski definition) is 0. The Bertz CT molecular complexity index is 315. The molecule has 0 unspecified atom stereocenters. The van der Waals surface area contributed by atoms with Crippen molar-refractivity contribution >= 4 is 28.1 Å². The minimum absolute atomic E-state index is 0.484. The smallest absolute Gasteiger partial charge is 0.185 e. The maximum atomic E-state index is 5.80. The molecule has 0 aliphatic heterocycles. The first-order valence-corrected chi connectivity index (χ1v) is 7.44. The molecule has 0 aliphatic carbocycles. The van der Waals surface area contributed by atoms with Crippen LogP contribution in [0.3, 0.4) is 0 Å². The second-order valence-electron chi connectivity index (χ2n) is 3.91. The lowest BCUT2D eigenvalue weighted by molar-refractivity contribution is 0.202. The molecular weight excluding hydrogens is 256 g/mol. The molecule has 1 heterocycles. The van der Waals surface area contributed by atoms with Crippen LogP contribution in [0.15, 0.2) is 5.38 Å². The third kappa shape index (κ3) is 4.12. The molecule has 0 bridgehead atoms. The normalized spacial score (nSPS) is 11.1. The Morgan fingerprint density at radius 2 is 2.18 bits per heavy atom. The first-order valence-electron chi connectivity index (χ1n) is 6.02. The SMILES string of the molecule is CCC(CC)N(CCOC)c1nc(CCl)cs1. The Balaban J connectivity index is 2.80. The van der Waals surface area contributed by atoms with Crippen LogP contribution in [0.4, 0.5) is 5.13 Å². The number of halogens is 1. The molecule has 0 saturated carbocycles. The van der Waals surface area contributed by atoms with Crippen LogP contribution in [0.5, 0.6) is 0 Å². The summed E-state index contributed by atoms with van der Waals surface area (Å²) in [5.74, 6) is 0.484. The third-order valence-electron chi connectivity index (χ3n) is 2.84. The van der Waals surface area contributed by atoms with Gasteiger partial charge in [0.1, 0.15) is 0 Å². The van der Waals surface area contributed by atoms with Gasteiger partial charge in [-0.05, 0) is 12.8 Å². The number of rotatable bonds is 8. The Hall–Kier alpha value is -0.320. The van der Waals surface area contributed by atoms with Gasteiger partial charge < -0.3 is 9.64 Å². The molecule has 1 rings (SSSR count). The van der Waals surface area contributed by atoms with Gasteiger partial charge in [0, 0.05) is 25.1 Å². The summed E-state index contributed by atoms with van der Waals surface area (Å²) < 4.78 is 5.18. The van der Waals surface area contributed by atoms with Crippen LogP contribution in [-0.2, 0) is 10.6 Å². The van der Waals surface area contributed by atoms with E-state index >= 15 is 0 Å². The first kappa shape index (κ1) is 14.7. The lowest BCUT2D eigenvalue weighted by atomic mass is 10.1. The lowest BCUT2D eigenvalue weighted by Gasteiger charge is -2.29. The average molecular weight is 277 g/mol. The number of aromatic nitrogens is 1. The molecule has 1 aromatic heterocycles. The Morgan fingerprint density at radius 3 is 2.65 bits per heavy atom. The maximum absolute atomic E-state index is 5.80. The molecule has 17 heavy (non-hydrogen) atoms. The largest absolute Gasteiger partial charge is 0.383 e. The molecule has 0 amide bonds. The van der Waals surface area contributed by atoms with Gasteiger partial charge in [0.2, 0.25) is 0 Å². The molecule has 5 heteroatoms. The molecule has 0 spiro atoms. The number of anilines is 1. The summed E-state index contributed by atoms with van der Waals surface area (Å²) >= 11 is 7.46. The number of hydrogen-bond acceptors (Lipinski definition) is 4. The fraction of sp³-hybridized carbons (Fsp3) is 0.750. The van der Waals surface area contributed by atoms with Gasteiger partial charge in [-0.1, -0.05) is 13.8 Å². The van der Waals surface area contributed by atoms with Crippen LogP contribution in [0.1, 0.15) is 32.4 Å². The van der Waals surface area contributed by atoms with Crippen molar-refractivity contribution in [2.45, 2.75) is 38.6 Å². The quantitative estimate of drug-likeness (QED) is 0.679. The molecule has 0 atom stereocenters. The Kier molecular flexibility index (Phi) is 6.85. The standard InChI is InChI=1S/C12H21ClN2OS/c1-4-11(5-2)15(6-7-16-3)12-14-10(8-13)9-17-12/h9,11H,4-8H2,1-3H3. The highest BCUT2D eigenvalue weighted by Crippen LogP contribution is 2.25. The van der Waals surface area contributed by atoms with E-state index in [1.165, 1.54) is 0 Å². The zero-order chi connectivity index (χ0) is 12.7. The number of methoxy groups -OCH3 is 1. The Labute approximate surface area is 113 Å². The molecule has 0 N–H and O–H groups in total. The van der Waals surface area contributed by atoms with Gasteiger partial charge in [0.05, 0.1) is 18.2 Å². The van der Waals surface area contributed by atoms with Gasteiger partial charge in [-0.15, -0.1) is 22.9 Å². The number of ether oxygens (including phenoxy) is 1. The molecule has 0 fully saturated rings. The van der Waals surface area contributed by atoms with Crippen LogP contribution in [0.25, 0.3) is 0 Å². The van der Waals surface area contributed by atoms with E-state index in [2.05, 4.69) is 23.7 Å². The second-order valence-corrected chi connectivity index (χ2v) is 5.02. The van der Waals surface area contributed by atoms with E-state index < -0.39 is 0 Å². The highest BCUT2D eigenvalue weighted by atomic mass is 35.5. The van der Waals surface area contributed by atoms with Crippen molar-refractivity contribution < 1.29 is 4.74 Å². The maximum Gasteiger partial charge on any atom is 0.185 e. The van der Waals surface area contributed by atoms with E-state index in [9.17, 15) is 0 Å². The summed E-state index contributed by atoms with van der Waals surface area (Å²) in [6.45, 7) is 6.04. The summed E-state index contributed by atoms with van der Waals surface area (Å²) in [4.78, 5) is 6.89. The van der Waals surface area contributed by atoms with Crippen molar-refractivity contribution in [1.29, 1.82) is 0 Å². The van der Waals surface area contributed by atoms with Gasteiger partial charge in [-0.3, -0.25) is 0 Å². The topological polar surface area (TPSA) is 25.4 Å². The minimum atomic E-state index is 0.484. The second kappa shape index (κ2) is 7.90. The predicted octanol–water partition coefficient (Wildman–Crippen LogP) is 3.52. The average Bonchev–Trinajstić information content (AvgIpc) is 2.83. The zero-order valence-corrected chi connectivity index (χ0v) is 12.4. The molecule has 1 aromatic rings. The van der Waals surface area contributed by atoms with Crippen molar-refractivity contribution in [1.82, 2.24) is 4.98 Å². The fourth-order valence-electron chi connectivity index (χ4n) is 1.84. The summed E-state index contributed by atoms with van der Waals surface area (Å²) in [6.07, 6.45) is 2.24. The third-order valence-corrected chi connectivity index (χ3v) is 4.04. The molecule has 0 aromatic carbocycles. The number of alkyl halides is 1. The molecular formula is C12H21ClN2OS.